The van der Waals surface area contributed by atoms with Gasteiger partial charge in [-0.2, -0.15) is 0 Å². The molecule has 6 nitrogen and oxygen atoms in total. The van der Waals surface area contributed by atoms with Gasteiger partial charge in [-0.3, -0.25) is 14.4 Å². The lowest BCUT2D eigenvalue weighted by Crippen LogP contribution is -2.49. The number of rotatable bonds is 2. The topological polar surface area (TPSA) is 79.6 Å². The Morgan fingerprint density at radius 3 is 2.58 bits per heavy atom. The molecule has 0 radical (unpaired) electrons. The number of aliphatic carboxylic acids is 1. The maximum Gasteiger partial charge on any atom is 0.307 e. The van der Waals surface area contributed by atoms with Gasteiger partial charge in [-0.25, -0.2) is 0 Å². The van der Waals surface area contributed by atoms with Crippen LogP contribution < -0.4 is 5.56 Å². The third-order valence-electron chi connectivity index (χ3n) is 6.15. The van der Waals surface area contributed by atoms with E-state index in [1.807, 2.05) is 29.4 Å². The molecule has 1 N–H and O–H groups in total. The Kier molecular flexibility index (Phi) is 3.18. The Morgan fingerprint density at radius 2 is 1.92 bits per heavy atom. The third-order valence-corrected chi connectivity index (χ3v) is 6.15. The lowest BCUT2D eigenvalue weighted by molar-refractivity contribution is -0.142. The minimum absolute atomic E-state index is 0.0243. The zero-order valence-electron chi connectivity index (χ0n) is 13.9. The Bertz CT molecular complexity index is 781. The molecule has 4 atom stereocenters. The average Bonchev–Trinajstić information content (AvgIpc) is 3.10. The number of aromatic nitrogens is 1. The van der Waals surface area contributed by atoms with E-state index in [9.17, 15) is 19.5 Å². The number of carboxylic acid groups (broad SMARTS) is 1. The summed E-state index contributed by atoms with van der Waals surface area (Å²) in [6.45, 7) is 5.56. The van der Waals surface area contributed by atoms with Crippen LogP contribution in [-0.2, 0) is 16.1 Å². The van der Waals surface area contributed by atoms with Crippen LogP contribution in [0.15, 0.2) is 23.0 Å². The van der Waals surface area contributed by atoms with Crippen molar-refractivity contribution < 1.29 is 14.7 Å². The molecule has 2 bridgehead atoms. The van der Waals surface area contributed by atoms with Crippen molar-refractivity contribution in [2.24, 2.45) is 23.2 Å². The molecule has 3 aliphatic rings. The van der Waals surface area contributed by atoms with Gasteiger partial charge in [0.2, 0.25) is 5.91 Å². The highest BCUT2D eigenvalue weighted by Gasteiger charge is 2.66. The van der Waals surface area contributed by atoms with E-state index in [-0.39, 0.29) is 23.3 Å². The predicted molar refractivity (Wildman–Crippen MR) is 86.5 cm³/mol. The second-order valence-corrected chi connectivity index (χ2v) is 8.06. The van der Waals surface area contributed by atoms with Gasteiger partial charge in [-0.05, 0) is 23.8 Å². The molecular weight excluding hydrogens is 308 g/mol. The van der Waals surface area contributed by atoms with Crippen LogP contribution in [0.4, 0.5) is 0 Å². The van der Waals surface area contributed by atoms with Crippen molar-refractivity contribution in [2.45, 2.75) is 32.7 Å². The lowest BCUT2D eigenvalue weighted by atomic mass is 9.83. The van der Waals surface area contributed by atoms with Gasteiger partial charge in [-0.1, -0.05) is 19.9 Å². The smallest absolute Gasteiger partial charge is 0.307 e. The molecular formula is C18H22N2O4. The van der Waals surface area contributed by atoms with Gasteiger partial charge < -0.3 is 14.6 Å². The van der Waals surface area contributed by atoms with Crippen LogP contribution in [0.25, 0.3) is 0 Å². The van der Waals surface area contributed by atoms with E-state index in [0.717, 1.165) is 12.1 Å². The van der Waals surface area contributed by atoms with E-state index in [1.54, 1.807) is 12.1 Å². The molecule has 1 aromatic heterocycles. The molecule has 2 fully saturated rings. The van der Waals surface area contributed by atoms with Crippen LogP contribution in [-0.4, -0.2) is 39.5 Å². The zero-order chi connectivity index (χ0) is 17.2. The molecule has 1 aliphatic carbocycles. The molecule has 1 saturated carbocycles. The average molecular weight is 330 g/mol. The number of fused-ring (bicyclic) bond motifs is 4. The molecule has 1 amide bonds. The van der Waals surface area contributed by atoms with E-state index in [1.165, 1.54) is 0 Å². The molecule has 1 aromatic rings. The number of amides is 1. The molecule has 6 heteroatoms. The summed E-state index contributed by atoms with van der Waals surface area (Å²) in [6, 6.07) is 5.33. The van der Waals surface area contributed by atoms with Crippen molar-refractivity contribution in [1.82, 2.24) is 9.47 Å². The lowest BCUT2D eigenvalue weighted by Gasteiger charge is -2.43. The first-order chi connectivity index (χ1) is 11.3. The number of piperidine rings is 1. The Hall–Kier alpha value is -2.11. The fourth-order valence-electron chi connectivity index (χ4n) is 4.83. The minimum atomic E-state index is -0.882. The molecule has 0 aromatic carbocycles. The fourth-order valence-corrected chi connectivity index (χ4v) is 4.83. The summed E-state index contributed by atoms with van der Waals surface area (Å²) >= 11 is 0. The van der Waals surface area contributed by atoms with Crippen LogP contribution in [0.5, 0.6) is 0 Å². The second-order valence-electron chi connectivity index (χ2n) is 8.06. The monoisotopic (exact) mass is 330 g/mol. The Balaban J connectivity index is 1.58. The zero-order valence-corrected chi connectivity index (χ0v) is 13.9. The number of carbonyl (C=O) groups is 2. The second kappa shape index (κ2) is 4.94. The highest BCUT2D eigenvalue weighted by atomic mass is 16.4. The van der Waals surface area contributed by atoms with Gasteiger partial charge in [-0.15, -0.1) is 0 Å². The minimum Gasteiger partial charge on any atom is -0.481 e. The van der Waals surface area contributed by atoms with Gasteiger partial charge in [0.1, 0.15) is 0 Å². The van der Waals surface area contributed by atoms with E-state index in [2.05, 4.69) is 0 Å². The Morgan fingerprint density at radius 1 is 1.17 bits per heavy atom. The van der Waals surface area contributed by atoms with E-state index >= 15 is 0 Å². The number of nitrogens with zero attached hydrogens (tertiary/aromatic N) is 2. The van der Waals surface area contributed by atoms with Crippen LogP contribution in [0.1, 0.15) is 31.9 Å². The molecule has 2 aliphatic heterocycles. The van der Waals surface area contributed by atoms with Crippen LogP contribution in [0.3, 0.4) is 0 Å². The Labute approximate surface area is 140 Å². The van der Waals surface area contributed by atoms with Crippen LogP contribution in [0.2, 0.25) is 0 Å². The quantitative estimate of drug-likeness (QED) is 0.882. The first-order valence-corrected chi connectivity index (χ1v) is 8.52. The number of hydrogen-bond acceptors (Lipinski definition) is 3. The SMILES string of the molecule is CC1(C)[C@H](C(=O)O)[C@@H]1C(=O)N1C[C@H]2C[C@@H](C1)c1cccc(=O)n1C2. The van der Waals surface area contributed by atoms with Gasteiger partial charge in [0.25, 0.3) is 5.56 Å². The van der Waals surface area contributed by atoms with Crippen LogP contribution in [0, 0.1) is 23.2 Å². The maximum atomic E-state index is 12.9. The summed E-state index contributed by atoms with van der Waals surface area (Å²) in [5, 5.41) is 9.32. The normalized spacial score (nSPS) is 32.8. The van der Waals surface area contributed by atoms with Crippen molar-refractivity contribution >= 4 is 11.9 Å². The highest BCUT2D eigenvalue weighted by molar-refractivity contribution is 5.91. The number of likely N-dealkylation sites (tertiary alicyclic amines) is 1. The van der Waals surface area contributed by atoms with Crippen molar-refractivity contribution in [3.05, 3.63) is 34.2 Å². The maximum absolute atomic E-state index is 12.9. The summed E-state index contributed by atoms with van der Waals surface area (Å²) in [4.78, 5) is 38.1. The first-order valence-electron chi connectivity index (χ1n) is 8.52. The third kappa shape index (κ3) is 2.12. The summed E-state index contributed by atoms with van der Waals surface area (Å²) in [5.74, 6) is -1.49. The first kappa shape index (κ1) is 15.4. The number of pyridine rings is 1. The molecule has 0 spiro atoms. The van der Waals surface area contributed by atoms with Gasteiger partial charge >= 0.3 is 5.97 Å². The van der Waals surface area contributed by atoms with E-state index < -0.39 is 23.2 Å². The molecule has 24 heavy (non-hydrogen) atoms. The highest BCUT2D eigenvalue weighted by Crippen LogP contribution is 2.59. The molecule has 1 saturated heterocycles. The number of carboxylic acids is 1. The van der Waals surface area contributed by atoms with Gasteiger partial charge in [0.05, 0.1) is 11.8 Å². The van der Waals surface area contributed by atoms with Crippen molar-refractivity contribution in [3.8, 4) is 0 Å². The number of carbonyl (C=O) groups excluding carboxylic acids is 1. The molecule has 128 valence electrons. The predicted octanol–water partition coefficient (Wildman–Crippen LogP) is 1.15. The van der Waals surface area contributed by atoms with Gasteiger partial charge in [0, 0.05) is 37.3 Å². The van der Waals surface area contributed by atoms with Gasteiger partial charge in [0.15, 0.2) is 0 Å². The van der Waals surface area contributed by atoms with Crippen molar-refractivity contribution in [2.75, 3.05) is 13.1 Å². The molecule has 3 heterocycles. The molecule has 0 unspecified atom stereocenters. The summed E-state index contributed by atoms with van der Waals surface area (Å²) in [6.07, 6.45) is 0.990. The van der Waals surface area contributed by atoms with Crippen molar-refractivity contribution in [1.29, 1.82) is 0 Å². The number of hydrogen-bond donors (Lipinski definition) is 1. The van der Waals surface area contributed by atoms with E-state index in [0.29, 0.717) is 19.6 Å². The van der Waals surface area contributed by atoms with Crippen LogP contribution >= 0.6 is 0 Å². The summed E-state index contributed by atoms with van der Waals surface area (Å²) in [5.41, 5.74) is 0.557. The summed E-state index contributed by atoms with van der Waals surface area (Å²) < 4.78 is 1.84. The summed E-state index contributed by atoms with van der Waals surface area (Å²) in [7, 11) is 0. The standard InChI is InChI=1S/C18H22N2O4/c1-18(2)14(15(18)17(23)24)16(22)19-7-10-6-11(9-19)12-4-3-5-13(21)20(12)8-10/h3-5,10-11,14-15H,6-9H2,1-2H3,(H,23,24)/t10-,11+,14-,15+/m1/s1. The van der Waals surface area contributed by atoms with E-state index in [4.69, 9.17) is 0 Å². The van der Waals surface area contributed by atoms with Crippen molar-refractivity contribution in [3.63, 3.8) is 0 Å². The molecule has 4 rings (SSSR count). The largest absolute Gasteiger partial charge is 0.481 e. The fraction of sp³-hybridized carbons (Fsp3) is 0.611.